The Balaban J connectivity index is 1.96. The van der Waals surface area contributed by atoms with Gasteiger partial charge >= 0.3 is 6.18 Å². The van der Waals surface area contributed by atoms with Gasteiger partial charge in [0.25, 0.3) is 0 Å². The highest BCUT2D eigenvalue weighted by Gasteiger charge is 2.29. The van der Waals surface area contributed by atoms with Gasteiger partial charge in [-0.1, -0.05) is 12.1 Å². The number of aliphatic hydroxyl groups is 1. The third-order valence-corrected chi connectivity index (χ3v) is 2.73. The predicted octanol–water partition coefficient (Wildman–Crippen LogP) is 2.51. The Labute approximate surface area is 108 Å². The smallest absolute Gasteiger partial charge is 0.391 e. The van der Waals surface area contributed by atoms with E-state index in [1.807, 2.05) is 0 Å². The molecule has 19 heavy (non-hydrogen) atoms. The molecule has 3 nitrogen and oxygen atoms in total. The van der Waals surface area contributed by atoms with E-state index in [1.54, 1.807) is 23.3 Å². The van der Waals surface area contributed by atoms with Crippen molar-refractivity contribution in [2.24, 2.45) is 0 Å². The van der Waals surface area contributed by atoms with Crippen molar-refractivity contribution in [3.63, 3.8) is 0 Å². The van der Waals surface area contributed by atoms with E-state index in [2.05, 4.69) is 4.98 Å². The van der Waals surface area contributed by atoms with Crippen LogP contribution in [0.25, 0.3) is 0 Å². The number of aliphatic hydroxyl groups excluding tert-OH is 1. The van der Waals surface area contributed by atoms with E-state index >= 15 is 0 Å². The molecule has 2 rings (SSSR count). The molecule has 1 unspecified atom stereocenters. The number of benzene rings is 1. The van der Waals surface area contributed by atoms with Gasteiger partial charge in [-0.05, 0) is 17.7 Å². The molecule has 1 aromatic heterocycles. The van der Waals surface area contributed by atoms with E-state index in [9.17, 15) is 18.3 Å². The molecular weight excluding hydrogens is 257 g/mol. The Morgan fingerprint density at radius 3 is 2.42 bits per heavy atom. The number of rotatable bonds is 4. The van der Waals surface area contributed by atoms with Gasteiger partial charge in [0.2, 0.25) is 0 Å². The maximum atomic E-state index is 12.4. The maximum absolute atomic E-state index is 12.4. The summed E-state index contributed by atoms with van der Waals surface area (Å²) < 4.78 is 38.8. The van der Waals surface area contributed by atoms with Crippen LogP contribution in [0.1, 0.15) is 11.1 Å². The number of hydrogen-bond donors (Lipinski definition) is 1. The normalized spacial score (nSPS) is 13.5. The summed E-state index contributed by atoms with van der Waals surface area (Å²) in [5.74, 6) is 0. The van der Waals surface area contributed by atoms with Crippen molar-refractivity contribution >= 4 is 0 Å². The molecule has 1 heterocycles. The molecule has 0 saturated carbocycles. The fraction of sp³-hybridized carbons (Fsp3) is 0.308. The SMILES string of the molecule is OC(Cc1ccc(C(F)(F)F)cc1)Cn1ccnc1. The molecule has 1 N–H and O–H groups in total. The first-order valence-electron chi connectivity index (χ1n) is 5.75. The van der Waals surface area contributed by atoms with E-state index in [-0.39, 0.29) is 0 Å². The zero-order chi connectivity index (χ0) is 13.9. The minimum absolute atomic E-state index is 0.302. The van der Waals surface area contributed by atoms with Gasteiger partial charge < -0.3 is 9.67 Å². The number of hydrogen-bond acceptors (Lipinski definition) is 2. The van der Waals surface area contributed by atoms with E-state index < -0.39 is 17.8 Å². The second-order valence-corrected chi connectivity index (χ2v) is 4.31. The first-order chi connectivity index (χ1) is 8.95. The van der Waals surface area contributed by atoms with Crippen LogP contribution in [0.15, 0.2) is 43.0 Å². The van der Waals surface area contributed by atoms with Gasteiger partial charge in [0.05, 0.1) is 18.0 Å². The van der Waals surface area contributed by atoms with Gasteiger partial charge in [0, 0.05) is 25.4 Å². The highest BCUT2D eigenvalue weighted by Crippen LogP contribution is 2.29. The molecular formula is C13H13F3N2O. The lowest BCUT2D eigenvalue weighted by Gasteiger charge is -2.12. The van der Waals surface area contributed by atoms with Crippen LogP contribution in [-0.4, -0.2) is 20.8 Å². The Morgan fingerprint density at radius 2 is 1.89 bits per heavy atom. The molecule has 6 heteroatoms. The van der Waals surface area contributed by atoms with Crippen molar-refractivity contribution in [3.8, 4) is 0 Å². The number of halogens is 3. The number of alkyl halides is 3. The summed E-state index contributed by atoms with van der Waals surface area (Å²) in [6, 6.07) is 4.83. The maximum Gasteiger partial charge on any atom is 0.416 e. The van der Waals surface area contributed by atoms with Crippen LogP contribution in [0.4, 0.5) is 13.2 Å². The molecule has 0 spiro atoms. The Bertz CT molecular complexity index is 506. The lowest BCUT2D eigenvalue weighted by Crippen LogP contribution is -2.17. The largest absolute Gasteiger partial charge is 0.416 e. The van der Waals surface area contributed by atoms with Crippen LogP contribution < -0.4 is 0 Å². The first kappa shape index (κ1) is 13.6. The van der Waals surface area contributed by atoms with Crippen LogP contribution >= 0.6 is 0 Å². The lowest BCUT2D eigenvalue weighted by molar-refractivity contribution is -0.137. The Kier molecular flexibility index (Phi) is 3.90. The van der Waals surface area contributed by atoms with Gasteiger partial charge in [-0.25, -0.2) is 4.98 Å². The fourth-order valence-electron chi connectivity index (χ4n) is 1.80. The average Bonchev–Trinajstić information content (AvgIpc) is 2.81. The van der Waals surface area contributed by atoms with Crippen LogP contribution in [0.3, 0.4) is 0 Å². The van der Waals surface area contributed by atoms with E-state index in [4.69, 9.17) is 0 Å². The third kappa shape index (κ3) is 3.82. The minimum atomic E-state index is -4.33. The highest BCUT2D eigenvalue weighted by atomic mass is 19.4. The van der Waals surface area contributed by atoms with Crippen molar-refractivity contribution < 1.29 is 18.3 Å². The van der Waals surface area contributed by atoms with Crippen molar-refractivity contribution in [1.82, 2.24) is 9.55 Å². The monoisotopic (exact) mass is 270 g/mol. The zero-order valence-electron chi connectivity index (χ0n) is 10.0. The van der Waals surface area contributed by atoms with Gasteiger partial charge in [-0.2, -0.15) is 13.2 Å². The van der Waals surface area contributed by atoms with E-state index in [0.717, 1.165) is 12.1 Å². The topological polar surface area (TPSA) is 38.0 Å². The molecule has 102 valence electrons. The number of nitrogens with zero attached hydrogens (tertiary/aromatic N) is 2. The standard InChI is InChI=1S/C13H13F3N2O/c14-13(15,16)11-3-1-10(2-4-11)7-12(19)8-18-6-5-17-9-18/h1-6,9,12,19H,7-8H2. The molecule has 0 aliphatic carbocycles. The quantitative estimate of drug-likeness (QED) is 0.927. The molecule has 0 radical (unpaired) electrons. The predicted molar refractivity (Wildman–Crippen MR) is 63.4 cm³/mol. The fourth-order valence-corrected chi connectivity index (χ4v) is 1.80. The summed E-state index contributed by atoms with van der Waals surface area (Å²) in [7, 11) is 0. The van der Waals surface area contributed by atoms with Crippen LogP contribution in [-0.2, 0) is 19.1 Å². The molecule has 0 fully saturated rings. The molecule has 0 saturated heterocycles. The summed E-state index contributed by atoms with van der Waals surface area (Å²) in [6.07, 6.45) is 0.215. The summed E-state index contributed by atoms with van der Waals surface area (Å²) in [6.45, 7) is 0.362. The highest BCUT2D eigenvalue weighted by molar-refractivity contribution is 5.25. The molecule has 0 aliphatic rings. The van der Waals surface area contributed by atoms with Crippen LogP contribution in [0.2, 0.25) is 0 Å². The first-order valence-corrected chi connectivity index (χ1v) is 5.75. The summed E-state index contributed by atoms with van der Waals surface area (Å²) in [4.78, 5) is 3.85. The summed E-state index contributed by atoms with van der Waals surface area (Å²) >= 11 is 0. The molecule has 1 aromatic carbocycles. The Hall–Kier alpha value is -1.82. The van der Waals surface area contributed by atoms with Gasteiger partial charge in [0.15, 0.2) is 0 Å². The van der Waals surface area contributed by atoms with Gasteiger partial charge in [0.1, 0.15) is 0 Å². The van der Waals surface area contributed by atoms with Gasteiger partial charge in [-0.15, -0.1) is 0 Å². The summed E-state index contributed by atoms with van der Waals surface area (Å²) in [5.41, 5.74) is -0.0130. The van der Waals surface area contributed by atoms with Crippen molar-refractivity contribution in [2.75, 3.05) is 0 Å². The van der Waals surface area contributed by atoms with Crippen molar-refractivity contribution in [2.45, 2.75) is 25.2 Å². The van der Waals surface area contributed by atoms with E-state index in [1.165, 1.54) is 12.1 Å². The summed E-state index contributed by atoms with van der Waals surface area (Å²) in [5, 5.41) is 9.83. The van der Waals surface area contributed by atoms with Crippen LogP contribution in [0, 0.1) is 0 Å². The molecule has 0 aliphatic heterocycles. The molecule has 0 amide bonds. The van der Waals surface area contributed by atoms with Gasteiger partial charge in [-0.3, -0.25) is 0 Å². The molecule has 2 aromatic rings. The van der Waals surface area contributed by atoms with Crippen molar-refractivity contribution in [1.29, 1.82) is 0 Å². The minimum Gasteiger partial charge on any atom is -0.391 e. The Morgan fingerprint density at radius 1 is 1.21 bits per heavy atom. The third-order valence-electron chi connectivity index (χ3n) is 2.73. The average molecular weight is 270 g/mol. The second-order valence-electron chi connectivity index (χ2n) is 4.31. The second kappa shape index (κ2) is 5.44. The van der Waals surface area contributed by atoms with E-state index in [0.29, 0.717) is 18.5 Å². The van der Waals surface area contributed by atoms with Crippen molar-refractivity contribution in [3.05, 3.63) is 54.1 Å². The van der Waals surface area contributed by atoms with Crippen LogP contribution in [0.5, 0.6) is 0 Å². The number of imidazole rings is 1. The number of aromatic nitrogens is 2. The lowest BCUT2D eigenvalue weighted by atomic mass is 10.1. The molecule has 0 bridgehead atoms. The molecule has 1 atom stereocenters. The zero-order valence-corrected chi connectivity index (χ0v) is 10.0.